The van der Waals surface area contributed by atoms with Gasteiger partial charge < -0.3 is 0 Å². The molecule has 0 aliphatic rings. The zero-order chi connectivity index (χ0) is 13.1. The average Bonchev–Trinajstić information content (AvgIpc) is 2.26. The monoisotopic (exact) mass is 228 g/mol. The summed E-state index contributed by atoms with van der Waals surface area (Å²) >= 11 is 0. The Labute approximate surface area is 106 Å². The van der Waals surface area contributed by atoms with Gasteiger partial charge in [0.15, 0.2) is 0 Å². The van der Waals surface area contributed by atoms with Gasteiger partial charge >= 0.3 is 0 Å². The lowest BCUT2D eigenvalue weighted by molar-refractivity contribution is 0.541. The molecular weight excluding hydrogens is 204 g/mol. The van der Waals surface area contributed by atoms with Crippen molar-refractivity contribution in [3.05, 3.63) is 60.2 Å². The molecule has 0 radical (unpaired) electrons. The molecule has 0 unspecified atom stereocenters. The molecule has 0 aliphatic carbocycles. The van der Waals surface area contributed by atoms with Gasteiger partial charge in [0.2, 0.25) is 0 Å². The van der Waals surface area contributed by atoms with Crippen LogP contribution in [0.15, 0.2) is 54.6 Å². The van der Waals surface area contributed by atoms with Crippen LogP contribution in [-0.4, -0.2) is 0 Å². The first-order valence-corrected chi connectivity index (χ1v) is 6.17. The summed E-state index contributed by atoms with van der Waals surface area (Å²) in [7, 11) is 0. The highest BCUT2D eigenvalue weighted by molar-refractivity contribution is 5.38. The molecule has 1 aromatic rings. The third-order valence-corrected chi connectivity index (χ3v) is 3.08. The summed E-state index contributed by atoms with van der Waals surface area (Å²) in [5.74, 6) is 0. The minimum atomic E-state index is -0.0109. The molecule has 0 amide bonds. The summed E-state index contributed by atoms with van der Waals surface area (Å²) in [4.78, 5) is 0. The second-order valence-electron chi connectivity index (χ2n) is 6.22. The molecule has 0 aliphatic heterocycles. The smallest absolute Gasteiger partial charge is 0.0140 e. The van der Waals surface area contributed by atoms with Crippen molar-refractivity contribution in [1.82, 2.24) is 0 Å². The molecule has 0 N–H and O–H groups in total. The molecule has 1 aromatic carbocycles. The lowest BCUT2D eigenvalue weighted by atomic mass is 9.77. The first kappa shape index (κ1) is 13.8. The molecule has 0 bridgehead atoms. The van der Waals surface area contributed by atoms with E-state index < -0.39 is 0 Å². The molecular formula is C17H24. The van der Waals surface area contributed by atoms with E-state index in [1.165, 1.54) is 5.56 Å². The van der Waals surface area contributed by atoms with Crippen LogP contribution in [0.2, 0.25) is 0 Å². The summed E-state index contributed by atoms with van der Waals surface area (Å²) in [6.07, 6.45) is 4.38. The van der Waals surface area contributed by atoms with Gasteiger partial charge in [0, 0.05) is 5.41 Å². The third kappa shape index (κ3) is 3.89. The molecule has 0 heteroatoms. The fraction of sp³-hybridized carbons (Fsp3) is 0.412. The number of rotatable bonds is 3. The Kier molecular flexibility index (Phi) is 3.98. The zero-order valence-corrected chi connectivity index (χ0v) is 11.7. The molecule has 0 heterocycles. The van der Waals surface area contributed by atoms with Crippen LogP contribution in [0.1, 0.15) is 40.2 Å². The molecule has 0 aromatic heterocycles. The Morgan fingerprint density at radius 2 is 1.53 bits per heavy atom. The lowest BCUT2D eigenvalue weighted by Crippen LogP contribution is -2.18. The lowest BCUT2D eigenvalue weighted by Gasteiger charge is -2.27. The number of hydrogen-bond donors (Lipinski definition) is 0. The van der Waals surface area contributed by atoms with E-state index in [9.17, 15) is 0 Å². The molecule has 0 fully saturated rings. The number of allylic oxidation sites excluding steroid dienone is 3. The van der Waals surface area contributed by atoms with Gasteiger partial charge in [0.1, 0.15) is 0 Å². The molecule has 1 rings (SSSR count). The second-order valence-corrected chi connectivity index (χ2v) is 6.22. The Balaban J connectivity index is 2.92. The molecule has 17 heavy (non-hydrogen) atoms. The van der Waals surface area contributed by atoms with Crippen LogP contribution >= 0.6 is 0 Å². The quantitative estimate of drug-likeness (QED) is 0.630. The minimum absolute atomic E-state index is 0.0109. The van der Waals surface area contributed by atoms with Gasteiger partial charge in [0.05, 0.1) is 0 Å². The zero-order valence-electron chi connectivity index (χ0n) is 11.7. The van der Waals surface area contributed by atoms with Gasteiger partial charge in [-0.2, -0.15) is 0 Å². The van der Waals surface area contributed by atoms with Crippen molar-refractivity contribution < 1.29 is 0 Å². The number of benzene rings is 1. The van der Waals surface area contributed by atoms with E-state index in [1.807, 2.05) is 6.07 Å². The SMILES string of the molecule is C=C(/C=C\C(C)(C)C)C(C)(C)c1ccccc1. The summed E-state index contributed by atoms with van der Waals surface area (Å²) in [5.41, 5.74) is 2.65. The van der Waals surface area contributed by atoms with Crippen molar-refractivity contribution >= 4 is 0 Å². The van der Waals surface area contributed by atoms with Gasteiger partial charge in [-0.05, 0) is 16.6 Å². The van der Waals surface area contributed by atoms with Crippen molar-refractivity contribution in [3.8, 4) is 0 Å². The van der Waals surface area contributed by atoms with E-state index in [2.05, 4.69) is 77.6 Å². The van der Waals surface area contributed by atoms with Gasteiger partial charge in [0.25, 0.3) is 0 Å². The van der Waals surface area contributed by atoms with Crippen LogP contribution in [0, 0.1) is 5.41 Å². The average molecular weight is 228 g/mol. The van der Waals surface area contributed by atoms with Crippen molar-refractivity contribution in [3.63, 3.8) is 0 Å². The van der Waals surface area contributed by atoms with E-state index in [0.717, 1.165) is 5.57 Å². The van der Waals surface area contributed by atoms with Gasteiger partial charge in [-0.15, -0.1) is 0 Å². The third-order valence-electron chi connectivity index (χ3n) is 3.08. The Morgan fingerprint density at radius 1 is 1.00 bits per heavy atom. The predicted molar refractivity (Wildman–Crippen MR) is 77.2 cm³/mol. The van der Waals surface area contributed by atoms with Crippen molar-refractivity contribution in [2.24, 2.45) is 5.41 Å². The van der Waals surface area contributed by atoms with Crippen LogP contribution in [-0.2, 0) is 5.41 Å². The minimum Gasteiger partial charge on any atom is -0.0950 e. The van der Waals surface area contributed by atoms with Crippen molar-refractivity contribution in [2.75, 3.05) is 0 Å². The van der Waals surface area contributed by atoms with Gasteiger partial charge in [-0.3, -0.25) is 0 Å². The van der Waals surface area contributed by atoms with Gasteiger partial charge in [-0.1, -0.05) is 83.7 Å². The van der Waals surface area contributed by atoms with Crippen LogP contribution in [0.4, 0.5) is 0 Å². The van der Waals surface area contributed by atoms with Crippen molar-refractivity contribution in [1.29, 1.82) is 0 Å². The topological polar surface area (TPSA) is 0 Å². The summed E-state index contributed by atoms with van der Waals surface area (Å²) in [6.45, 7) is 15.3. The molecule has 0 nitrogen and oxygen atoms in total. The molecule has 0 atom stereocenters. The largest absolute Gasteiger partial charge is 0.0950 e. The second kappa shape index (κ2) is 4.91. The fourth-order valence-electron chi connectivity index (χ4n) is 1.60. The Morgan fingerprint density at radius 3 is 2.00 bits per heavy atom. The first-order chi connectivity index (χ1) is 7.73. The van der Waals surface area contributed by atoms with E-state index in [1.54, 1.807) is 0 Å². The first-order valence-electron chi connectivity index (χ1n) is 6.17. The molecule has 92 valence electrons. The highest BCUT2D eigenvalue weighted by Gasteiger charge is 2.22. The van der Waals surface area contributed by atoms with Crippen molar-refractivity contribution in [2.45, 2.75) is 40.0 Å². The van der Waals surface area contributed by atoms with E-state index >= 15 is 0 Å². The molecule has 0 spiro atoms. The maximum atomic E-state index is 4.22. The van der Waals surface area contributed by atoms with Crippen LogP contribution in [0.5, 0.6) is 0 Å². The van der Waals surface area contributed by atoms with Crippen LogP contribution in [0.3, 0.4) is 0 Å². The number of hydrogen-bond acceptors (Lipinski definition) is 0. The van der Waals surface area contributed by atoms with E-state index in [-0.39, 0.29) is 10.8 Å². The van der Waals surface area contributed by atoms with E-state index in [4.69, 9.17) is 0 Å². The van der Waals surface area contributed by atoms with Crippen LogP contribution in [0.25, 0.3) is 0 Å². The summed E-state index contributed by atoms with van der Waals surface area (Å²) in [6, 6.07) is 10.5. The van der Waals surface area contributed by atoms with E-state index in [0.29, 0.717) is 0 Å². The highest BCUT2D eigenvalue weighted by Crippen LogP contribution is 2.31. The summed E-state index contributed by atoms with van der Waals surface area (Å²) in [5, 5.41) is 0. The Bertz CT molecular complexity index is 399. The maximum absolute atomic E-state index is 4.22. The highest BCUT2D eigenvalue weighted by atomic mass is 14.3. The Hall–Kier alpha value is -1.30. The maximum Gasteiger partial charge on any atom is 0.0140 e. The van der Waals surface area contributed by atoms with Gasteiger partial charge in [-0.25, -0.2) is 0 Å². The summed E-state index contributed by atoms with van der Waals surface area (Å²) < 4.78 is 0. The molecule has 0 saturated heterocycles. The fourth-order valence-corrected chi connectivity index (χ4v) is 1.60. The normalized spacial score (nSPS) is 13.0. The standard InChI is InChI=1S/C17H24/c1-14(12-13-16(2,3)4)17(5,6)15-10-8-7-9-11-15/h7-13H,1H2,2-6H3/b13-12-. The molecule has 0 saturated carbocycles. The van der Waals surface area contributed by atoms with Crippen LogP contribution < -0.4 is 0 Å². The predicted octanol–water partition coefficient (Wildman–Crippen LogP) is 5.12.